The summed E-state index contributed by atoms with van der Waals surface area (Å²) in [5, 5.41) is 13.0. The summed E-state index contributed by atoms with van der Waals surface area (Å²) in [6, 6.07) is 5.27. The van der Waals surface area contributed by atoms with Crippen molar-refractivity contribution in [2.24, 2.45) is 0 Å². The summed E-state index contributed by atoms with van der Waals surface area (Å²) < 4.78 is 57.1. The van der Waals surface area contributed by atoms with E-state index in [2.05, 4.69) is 30.3 Å². The maximum Gasteiger partial charge on any atom is 0.387 e. The topological polar surface area (TPSA) is 97.2 Å². The van der Waals surface area contributed by atoms with Crippen molar-refractivity contribution in [3.8, 4) is 17.0 Å². The predicted molar refractivity (Wildman–Crippen MR) is 103 cm³/mol. The Kier molecular flexibility index (Phi) is 5.75. The lowest BCUT2D eigenvalue weighted by molar-refractivity contribution is -0.0494. The van der Waals surface area contributed by atoms with E-state index in [4.69, 9.17) is 0 Å². The van der Waals surface area contributed by atoms with Gasteiger partial charge >= 0.3 is 6.61 Å². The quantitative estimate of drug-likeness (QED) is 0.321. The number of benzene rings is 1. The Morgan fingerprint density at radius 3 is 2.84 bits per heavy atom. The van der Waals surface area contributed by atoms with Crippen LogP contribution >= 0.6 is 11.8 Å². The molecule has 1 amide bonds. The Morgan fingerprint density at radius 1 is 1.23 bits per heavy atom. The number of nitrogens with zero attached hydrogens (tertiary/aromatic N) is 4. The molecular formula is C18H12F4N6O2S. The lowest BCUT2D eigenvalue weighted by Crippen LogP contribution is -2.12. The average molecular weight is 452 g/mol. The van der Waals surface area contributed by atoms with Gasteiger partial charge in [-0.25, -0.2) is 9.50 Å². The second kappa shape index (κ2) is 8.63. The fourth-order valence-corrected chi connectivity index (χ4v) is 3.38. The fraction of sp³-hybridized carbons (Fsp3) is 0.111. The molecule has 0 saturated carbocycles. The van der Waals surface area contributed by atoms with E-state index in [1.165, 1.54) is 35.2 Å². The van der Waals surface area contributed by atoms with E-state index < -0.39 is 18.3 Å². The molecule has 2 N–H and O–H groups in total. The molecule has 0 aliphatic carbocycles. The van der Waals surface area contributed by atoms with Crippen LogP contribution in [0.4, 0.5) is 23.2 Å². The van der Waals surface area contributed by atoms with Gasteiger partial charge in [0.2, 0.25) is 0 Å². The molecule has 0 radical (unpaired) electrons. The smallest absolute Gasteiger partial charge is 0.387 e. The molecule has 0 spiro atoms. The van der Waals surface area contributed by atoms with E-state index >= 15 is 0 Å². The number of carbonyl (C=O) groups is 1. The Balaban J connectivity index is 1.69. The highest BCUT2D eigenvalue weighted by Crippen LogP contribution is 2.38. The van der Waals surface area contributed by atoms with E-state index in [0.717, 1.165) is 6.07 Å². The van der Waals surface area contributed by atoms with Crippen LogP contribution in [0, 0.1) is 0 Å². The molecule has 4 rings (SSSR count). The van der Waals surface area contributed by atoms with Crippen molar-refractivity contribution >= 4 is 29.0 Å². The third-order valence-corrected chi connectivity index (χ3v) is 4.78. The molecule has 0 aliphatic rings. The van der Waals surface area contributed by atoms with Crippen molar-refractivity contribution in [1.29, 1.82) is 0 Å². The van der Waals surface area contributed by atoms with E-state index in [9.17, 15) is 22.4 Å². The summed E-state index contributed by atoms with van der Waals surface area (Å²) in [6.07, 6.45) is 5.69. The second-order valence-electron chi connectivity index (χ2n) is 5.97. The minimum atomic E-state index is -3.14. The van der Waals surface area contributed by atoms with Crippen LogP contribution in [0.1, 0.15) is 10.4 Å². The first-order valence-corrected chi connectivity index (χ1v) is 9.47. The van der Waals surface area contributed by atoms with Gasteiger partial charge < -0.3 is 10.1 Å². The van der Waals surface area contributed by atoms with Gasteiger partial charge in [0.25, 0.3) is 11.7 Å². The number of anilines is 1. The Bertz CT molecular complexity index is 1230. The van der Waals surface area contributed by atoms with E-state index in [-0.39, 0.29) is 44.9 Å². The maximum atomic E-state index is 12.8. The number of ether oxygens (including phenoxy) is 1. The highest BCUT2D eigenvalue weighted by atomic mass is 32.2. The number of thioether (sulfide) groups is 1. The molecule has 0 aliphatic heterocycles. The molecule has 3 aromatic heterocycles. The number of H-pyrrole nitrogens is 1. The molecule has 0 bridgehead atoms. The number of hydrogen-bond donors (Lipinski definition) is 2. The van der Waals surface area contributed by atoms with Crippen LogP contribution in [0.3, 0.4) is 0 Å². The molecule has 160 valence electrons. The van der Waals surface area contributed by atoms with Crippen LogP contribution in [0.15, 0.2) is 53.9 Å². The molecule has 3 heterocycles. The number of carbonyl (C=O) groups excluding carboxylic acids is 1. The minimum absolute atomic E-state index is 0.0248. The highest BCUT2D eigenvalue weighted by molar-refractivity contribution is 7.99. The van der Waals surface area contributed by atoms with Crippen molar-refractivity contribution in [3.63, 3.8) is 0 Å². The number of halogens is 4. The molecule has 0 fully saturated rings. The number of aromatic nitrogens is 5. The van der Waals surface area contributed by atoms with E-state index in [0.29, 0.717) is 5.65 Å². The van der Waals surface area contributed by atoms with Crippen molar-refractivity contribution in [3.05, 3.63) is 54.6 Å². The Hall–Kier alpha value is -3.61. The van der Waals surface area contributed by atoms with Gasteiger partial charge in [0.1, 0.15) is 11.3 Å². The predicted octanol–water partition coefficient (Wildman–Crippen LogP) is 4.29. The average Bonchev–Trinajstić information content (AvgIpc) is 3.35. The molecule has 0 atom stereocenters. The first-order valence-electron chi connectivity index (χ1n) is 8.59. The summed E-state index contributed by atoms with van der Waals surface area (Å²) in [6.45, 7) is -3.14. The van der Waals surface area contributed by atoms with Crippen LogP contribution in [-0.4, -0.2) is 43.1 Å². The zero-order valence-electron chi connectivity index (χ0n) is 15.3. The standard InChI is InChI=1S/C18H12F4N6O2S/c19-17(20)30-13-3-2-9(31-18(21)22)6-10(13)14-12(8-24-27-14)26-16(29)11-7-25-28-5-1-4-23-15(11)28/h1-8,17-18H,(H,24,27)(H,26,29). The third-order valence-electron chi connectivity index (χ3n) is 4.07. The van der Waals surface area contributed by atoms with Gasteiger partial charge in [-0.15, -0.1) is 0 Å². The van der Waals surface area contributed by atoms with Crippen LogP contribution in [0.2, 0.25) is 0 Å². The summed E-state index contributed by atoms with van der Waals surface area (Å²) in [5.41, 5.74) is 0.724. The van der Waals surface area contributed by atoms with Crippen molar-refractivity contribution < 1.29 is 27.1 Å². The van der Waals surface area contributed by atoms with E-state index in [1.54, 1.807) is 12.3 Å². The van der Waals surface area contributed by atoms with Crippen molar-refractivity contribution in [2.75, 3.05) is 5.32 Å². The van der Waals surface area contributed by atoms with Gasteiger partial charge in [0, 0.05) is 22.9 Å². The van der Waals surface area contributed by atoms with Crippen molar-refractivity contribution in [1.82, 2.24) is 24.8 Å². The van der Waals surface area contributed by atoms with Gasteiger partial charge in [-0.3, -0.25) is 9.89 Å². The van der Waals surface area contributed by atoms with Crippen LogP contribution in [-0.2, 0) is 0 Å². The number of fused-ring (bicyclic) bond motifs is 1. The Morgan fingerprint density at radius 2 is 2.06 bits per heavy atom. The van der Waals surface area contributed by atoms with Gasteiger partial charge in [0.05, 0.1) is 23.8 Å². The SMILES string of the molecule is O=C(Nc1cn[nH]c1-c1cc(SC(F)F)ccc1OC(F)F)c1cnn2cccnc12. The summed E-state index contributed by atoms with van der Waals surface area (Å²) in [5.74, 6) is -3.56. The van der Waals surface area contributed by atoms with E-state index in [1.807, 2.05) is 0 Å². The maximum absolute atomic E-state index is 12.8. The number of nitrogens with one attached hydrogen (secondary N) is 2. The molecule has 1 aromatic carbocycles. The summed E-state index contributed by atoms with van der Waals surface area (Å²) in [7, 11) is 0. The number of alkyl halides is 4. The normalized spacial score (nSPS) is 11.4. The number of hydrogen-bond acceptors (Lipinski definition) is 6. The second-order valence-corrected chi connectivity index (χ2v) is 7.04. The number of rotatable bonds is 7. The molecular weight excluding hydrogens is 440 g/mol. The fourth-order valence-electron chi connectivity index (χ4n) is 2.84. The van der Waals surface area contributed by atoms with Crippen molar-refractivity contribution in [2.45, 2.75) is 17.3 Å². The lowest BCUT2D eigenvalue weighted by Gasteiger charge is -2.13. The highest BCUT2D eigenvalue weighted by Gasteiger charge is 2.21. The molecule has 8 nitrogen and oxygen atoms in total. The molecule has 0 unspecified atom stereocenters. The van der Waals surface area contributed by atoms with Gasteiger partial charge in [-0.1, -0.05) is 11.8 Å². The largest absolute Gasteiger partial charge is 0.434 e. The summed E-state index contributed by atoms with van der Waals surface area (Å²) >= 11 is 0.239. The zero-order valence-corrected chi connectivity index (χ0v) is 16.1. The van der Waals surface area contributed by atoms with Gasteiger partial charge in [-0.2, -0.15) is 27.8 Å². The zero-order chi connectivity index (χ0) is 22.0. The monoisotopic (exact) mass is 452 g/mol. The first-order chi connectivity index (χ1) is 14.9. The molecule has 0 saturated heterocycles. The lowest BCUT2D eigenvalue weighted by atomic mass is 10.1. The first kappa shape index (κ1) is 20.7. The van der Waals surface area contributed by atoms with Gasteiger partial charge in [-0.05, 0) is 24.3 Å². The van der Waals surface area contributed by atoms with Crippen LogP contribution in [0.5, 0.6) is 5.75 Å². The molecule has 13 heteroatoms. The van der Waals surface area contributed by atoms with Crippen LogP contribution < -0.4 is 10.1 Å². The number of amides is 1. The Labute approximate surface area is 175 Å². The summed E-state index contributed by atoms with van der Waals surface area (Å²) in [4.78, 5) is 17.0. The number of aromatic amines is 1. The third kappa shape index (κ3) is 4.45. The van der Waals surface area contributed by atoms with Gasteiger partial charge in [0.15, 0.2) is 5.65 Å². The minimum Gasteiger partial charge on any atom is -0.434 e. The van der Waals surface area contributed by atoms with Crippen LogP contribution in [0.25, 0.3) is 16.9 Å². The molecule has 31 heavy (non-hydrogen) atoms. The molecule has 4 aromatic rings.